The van der Waals surface area contributed by atoms with Crippen LogP contribution in [0.2, 0.25) is 0 Å². The number of allylic oxidation sites excluding steroid dienone is 5. The number of anilines is 6. The predicted molar refractivity (Wildman–Crippen MR) is 322 cm³/mol. The first-order chi connectivity index (χ1) is 37.7. The van der Waals surface area contributed by atoms with E-state index in [4.69, 9.17) is 0 Å². The Morgan fingerprint density at radius 2 is 0.737 bits per heavy atom. The summed E-state index contributed by atoms with van der Waals surface area (Å²) in [6.07, 6.45) is 15.5. The van der Waals surface area contributed by atoms with Crippen molar-refractivity contribution >= 4 is 78.6 Å². The van der Waals surface area contributed by atoms with E-state index in [-0.39, 0.29) is 0 Å². The van der Waals surface area contributed by atoms with Crippen molar-refractivity contribution in [3.8, 4) is 39.1 Å². The molecule has 0 saturated carbocycles. The molecule has 10 aromatic carbocycles. The second-order valence-electron chi connectivity index (χ2n) is 19.9. The fourth-order valence-electron chi connectivity index (χ4n) is 11.8. The van der Waals surface area contributed by atoms with E-state index < -0.39 is 0 Å². The van der Waals surface area contributed by atoms with E-state index in [0.29, 0.717) is 0 Å². The lowest BCUT2D eigenvalue weighted by Gasteiger charge is -2.27. The minimum Gasteiger partial charge on any atom is -0.313 e. The molecule has 2 aliphatic carbocycles. The summed E-state index contributed by atoms with van der Waals surface area (Å²) < 4.78 is 4.93. The molecule has 4 heteroatoms. The summed E-state index contributed by atoms with van der Waals surface area (Å²) in [5.41, 5.74) is 22.6. The third kappa shape index (κ3) is 8.12. The molecule has 2 aromatic heterocycles. The second kappa shape index (κ2) is 19.3. The van der Waals surface area contributed by atoms with E-state index in [0.717, 1.165) is 70.9 Å². The highest BCUT2D eigenvalue weighted by Crippen LogP contribution is 2.44. The van der Waals surface area contributed by atoms with Crippen molar-refractivity contribution in [1.82, 2.24) is 9.13 Å². The number of nitrogens with zero attached hydrogens (tertiary/aromatic N) is 4. The summed E-state index contributed by atoms with van der Waals surface area (Å²) in [7, 11) is 0. The van der Waals surface area contributed by atoms with Gasteiger partial charge in [-0.2, -0.15) is 0 Å². The maximum atomic E-state index is 2.46. The molecular weight excluding hydrogens is 921 g/mol. The lowest BCUT2D eigenvalue weighted by Crippen LogP contribution is -2.10. The lowest BCUT2D eigenvalue weighted by molar-refractivity contribution is 0.888. The monoisotopic (exact) mass is 974 g/mol. The smallest absolute Gasteiger partial charge is 0.0539 e. The van der Waals surface area contributed by atoms with Gasteiger partial charge in [-0.3, -0.25) is 0 Å². The van der Waals surface area contributed by atoms with E-state index in [1.807, 2.05) is 0 Å². The van der Waals surface area contributed by atoms with Gasteiger partial charge in [-0.1, -0.05) is 170 Å². The van der Waals surface area contributed by atoms with Gasteiger partial charge in [-0.15, -0.1) is 0 Å². The first-order valence-electron chi connectivity index (χ1n) is 26.6. The molecule has 76 heavy (non-hydrogen) atoms. The van der Waals surface area contributed by atoms with E-state index in [2.05, 4.69) is 298 Å². The molecule has 0 bridgehead atoms. The van der Waals surface area contributed by atoms with Crippen LogP contribution in [0.15, 0.2) is 273 Å². The number of fused-ring (bicyclic) bond motifs is 6. The summed E-state index contributed by atoms with van der Waals surface area (Å²) in [6, 6.07) is 91.0. The van der Waals surface area contributed by atoms with Crippen molar-refractivity contribution in [2.45, 2.75) is 25.7 Å². The van der Waals surface area contributed by atoms with Crippen molar-refractivity contribution in [2.75, 3.05) is 9.80 Å². The molecule has 2 aliphatic rings. The minimum atomic E-state index is 1.01. The van der Waals surface area contributed by atoms with Gasteiger partial charge in [0.05, 0.1) is 16.6 Å². The molecule has 0 aliphatic heterocycles. The van der Waals surface area contributed by atoms with Gasteiger partial charge >= 0.3 is 0 Å². The van der Waals surface area contributed by atoms with Crippen molar-refractivity contribution in [3.05, 3.63) is 284 Å². The second-order valence-corrected chi connectivity index (χ2v) is 19.9. The largest absolute Gasteiger partial charge is 0.313 e. The summed E-state index contributed by atoms with van der Waals surface area (Å²) in [5.74, 6) is 0. The molecule has 2 heterocycles. The van der Waals surface area contributed by atoms with Crippen LogP contribution in [-0.4, -0.2) is 9.13 Å². The number of hydrogen-bond donors (Lipinski definition) is 0. The Hall–Kier alpha value is -9.64. The quantitative estimate of drug-likeness (QED) is 0.128. The van der Waals surface area contributed by atoms with Crippen LogP contribution in [0.5, 0.6) is 0 Å². The molecule has 0 fully saturated rings. The summed E-state index contributed by atoms with van der Waals surface area (Å²) in [5, 5.41) is 3.76. The first kappa shape index (κ1) is 45.0. The number of rotatable bonds is 11. The van der Waals surface area contributed by atoms with Crippen molar-refractivity contribution < 1.29 is 0 Å². The summed E-state index contributed by atoms with van der Waals surface area (Å²) in [4.78, 5) is 4.80. The maximum Gasteiger partial charge on any atom is 0.0539 e. The summed E-state index contributed by atoms with van der Waals surface area (Å²) >= 11 is 0. The van der Waals surface area contributed by atoms with Gasteiger partial charge in [0.1, 0.15) is 0 Å². The van der Waals surface area contributed by atoms with Crippen LogP contribution < -0.4 is 9.80 Å². The average Bonchev–Trinajstić information content (AvgIpc) is 4.02. The SMILES string of the molecule is C1=CCCC(n2c3ccccc3c3cc(N(c4ccc(-c5ccccc5)cc4)c4ccc(-c5ccc(N(c6ccc(-c7ccccc7)cc6)c6ccc7c(c6)c6c(n7-c7ccccc7)CCC=C6)cc5)cc4)ccc32)=C1. The van der Waals surface area contributed by atoms with Crippen LogP contribution in [0.3, 0.4) is 0 Å². The Kier molecular flexibility index (Phi) is 11.4. The average molecular weight is 975 g/mol. The van der Waals surface area contributed by atoms with E-state index in [1.54, 1.807) is 0 Å². The Morgan fingerprint density at radius 3 is 1.25 bits per heavy atom. The standard InChI is InChI=1S/C72H54N4/c1-5-17-51(18-6-1)53-29-37-59(38-30-53)73(63-45-47-71-67(49-63)65-25-13-15-27-69(65)75(71)57-21-9-3-10-22-57)61-41-33-55(34-42-61)56-35-43-62(44-36-56)74(60-39-31-54(32-40-60)52-19-7-2-8-20-52)64-46-48-72-68(50-64)66-26-14-16-28-70(66)76(72)58-23-11-4-12-24-58/h1-11,13-14,16-23,25-26,28-50H,12,15,24,27H2. The Bertz CT molecular complexity index is 4160. The van der Waals surface area contributed by atoms with Gasteiger partial charge in [0.25, 0.3) is 0 Å². The number of para-hydroxylation sites is 2. The molecule has 0 atom stereocenters. The van der Waals surface area contributed by atoms with Crippen LogP contribution in [0.25, 0.3) is 83.5 Å². The van der Waals surface area contributed by atoms with Crippen molar-refractivity contribution in [1.29, 1.82) is 0 Å². The van der Waals surface area contributed by atoms with Crippen LogP contribution in [0.4, 0.5) is 34.1 Å². The van der Waals surface area contributed by atoms with E-state index in [1.165, 1.54) is 77.6 Å². The molecule has 362 valence electrons. The molecule has 0 radical (unpaired) electrons. The Labute approximate surface area is 444 Å². The van der Waals surface area contributed by atoms with Gasteiger partial charge in [-0.05, 0) is 168 Å². The predicted octanol–water partition coefficient (Wildman–Crippen LogP) is 19.8. The number of hydrogen-bond acceptors (Lipinski definition) is 2. The maximum absolute atomic E-state index is 2.46. The molecule has 0 saturated heterocycles. The minimum absolute atomic E-state index is 1.01. The zero-order chi connectivity index (χ0) is 50.4. The molecule has 4 nitrogen and oxygen atoms in total. The third-order valence-electron chi connectivity index (χ3n) is 15.4. The zero-order valence-corrected chi connectivity index (χ0v) is 42.2. The number of benzene rings is 10. The molecule has 0 amide bonds. The number of aromatic nitrogens is 2. The molecule has 0 N–H and O–H groups in total. The molecule has 0 unspecified atom stereocenters. The van der Waals surface area contributed by atoms with Crippen molar-refractivity contribution in [3.63, 3.8) is 0 Å². The van der Waals surface area contributed by atoms with Crippen LogP contribution in [-0.2, 0) is 6.42 Å². The van der Waals surface area contributed by atoms with Crippen LogP contribution in [0.1, 0.15) is 30.5 Å². The van der Waals surface area contributed by atoms with Gasteiger partial charge in [-0.25, -0.2) is 0 Å². The summed E-state index contributed by atoms with van der Waals surface area (Å²) in [6.45, 7) is 0. The van der Waals surface area contributed by atoms with E-state index >= 15 is 0 Å². The lowest BCUT2D eigenvalue weighted by atomic mass is 10.0. The molecule has 12 aromatic rings. The molecular formula is C72H54N4. The molecule has 14 rings (SSSR count). The zero-order valence-electron chi connectivity index (χ0n) is 42.2. The highest BCUT2D eigenvalue weighted by Gasteiger charge is 2.23. The van der Waals surface area contributed by atoms with E-state index in [9.17, 15) is 0 Å². The fourth-order valence-corrected chi connectivity index (χ4v) is 11.8. The highest BCUT2D eigenvalue weighted by molar-refractivity contribution is 6.11. The van der Waals surface area contributed by atoms with Gasteiger partial charge < -0.3 is 18.9 Å². The third-order valence-corrected chi connectivity index (χ3v) is 15.4. The topological polar surface area (TPSA) is 16.3 Å². The Morgan fingerprint density at radius 1 is 0.316 bits per heavy atom. The van der Waals surface area contributed by atoms with Crippen LogP contribution >= 0.6 is 0 Å². The van der Waals surface area contributed by atoms with Gasteiger partial charge in [0.2, 0.25) is 0 Å². The normalized spacial score (nSPS) is 13.0. The first-order valence-corrected chi connectivity index (χ1v) is 26.6. The highest BCUT2D eigenvalue weighted by atomic mass is 15.1. The van der Waals surface area contributed by atoms with Crippen LogP contribution in [0, 0.1) is 0 Å². The van der Waals surface area contributed by atoms with Gasteiger partial charge in [0, 0.05) is 72.9 Å². The fraction of sp³-hybridized carbons (Fsp3) is 0.0556. The Balaban J connectivity index is 0.837. The van der Waals surface area contributed by atoms with Gasteiger partial charge in [0.15, 0.2) is 0 Å². The molecule has 0 spiro atoms. The van der Waals surface area contributed by atoms with Crippen molar-refractivity contribution in [2.24, 2.45) is 0 Å².